The molecule has 1 amide bonds. The van der Waals surface area contributed by atoms with E-state index in [0.717, 1.165) is 35.5 Å². The molecule has 4 aromatic rings. The molecule has 1 aliphatic heterocycles. The van der Waals surface area contributed by atoms with Crippen LogP contribution in [0.15, 0.2) is 77.9 Å². The van der Waals surface area contributed by atoms with E-state index in [2.05, 4.69) is 21.9 Å². The van der Waals surface area contributed by atoms with Crippen LogP contribution in [0.25, 0.3) is 22.4 Å². The van der Waals surface area contributed by atoms with Crippen molar-refractivity contribution in [3.8, 4) is 28.3 Å². The summed E-state index contributed by atoms with van der Waals surface area (Å²) in [6.07, 6.45) is 2.39. The number of likely N-dealkylation sites (tertiary alicyclic amines) is 1. The number of aryl methyl sites for hydroxylation is 1. The molecular weight excluding hydrogens is 601 g/mol. The Morgan fingerprint density at radius 2 is 1.80 bits per heavy atom. The molecule has 11 heteroatoms. The minimum Gasteiger partial charge on any atom is -0.499 e. The van der Waals surface area contributed by atoms with E-state index in [1.54, 1.807) is 19.2 Å². The molecule has 3 heterocycles. The summed E-state index contributed by atoms with van der Waals surface area (Å²) in [6, 6.07) is 16.2. The lowest BCUT2D eigenvalue weighted by molar-refractivity contribution is 0.102. The SMILES string of the molecule is C=C(OCC)[C@H]1CCN(Cc2ccc(-c3cccc(-c4cccc(NC(=O)c5ccnn(C)c5=O)c4Cl)c3Cl)nc2OC)C1. The van der Waals surface area contributed by atoms with Crippen molar-refractivity contribution in [2.75, 3.05) is 32.1 Å². The van der Waals surface area contributed by atoms with Gasteiger partial charge in [0.1, 0.15) is 5.56 Å². The average molecular weight is 635 g/mol. The summed E-state index contributed by atoms with van der Waals surface area (Å²) in [6.45, 7) is 9.19. The topological polar surface area (TPSA) is 98.6 Å². The summed E-state index contributed by atoms with van der Waals surface area (Å²) in [5.41, 5.74) is 3.37. The third-order valence-electron chi connectivity index (χ3n) is 7.65. The van der Waals surface area contributed by atoms with Crippen molar-refractivity contribution in [1.82, 2.24) is 19.7 Å². The number of carbonyl (C=O) groups is 1. The third-order valence-corrected chi connectivity index (χ3v) is 8.46. The number of amides is 1. The summed E-state index contributed by atoms with van der Waals surface area (Å²) in [4.78, 5) is 32.4. The second-order valence-electron chi connectivity index (χ2n) is 10.4. The number of methoxy groups -OCH3 is 1. The van der Waals surface area contributed by atoms with Gasteiger partial charge in [-0.15, -0.1) is 0 Å². The fourth-order valence-corrected chi connectivity index (χ4v) is 5.94. The van der Waals surface area contributed by atoms with Crippen molar-refractivity contribution in [2.24, 2.45) is 13.0 Å². The number of ether oxygens (including phenoxy) is 2. The van der Waals surface area contributed by atoms with Gasteiger partial charge in [-0.1, -0.05) is 66.2 Å². The predicted octanol–water partition coefficient (Wildman–Crippen LogP) is 6.45. The van der Waals surface area contributed by atoms with Gasteiger partial charge in [0.05, 0.1) is 40.9 Å². The van der Waals surface area contributed by atoms with E-state index in [1.165, 1.54) is 19.3 Å². The Balaban J connectivity index is 1.39. The summed E-state index contributed by atoms with van der Waals surface area (Å²) in [5, 5.41) is 7.32. The zero-order valence-corrected chi connectivity index (χ0v) is 26.3. The Kier molecular flexibility index (Phi) is 9.68. The first-order chi connectivity index (χ1) is 21.2. The minimum absolute atomic E-state index is 0.0482. The summed E-state index contributed by atoms with van der Waals surface area (Å²) < 4.78 is 12.4. The Morgan fingerprint density at radius 3 is 2.55 bits per heavy atom. The maximum absolute atomic E-state index is 12.9. The molecule has 44 heavy (non-hydrogen) atoms. The van der Waals surface area contributed by atoms with Crippen molar-refractivity contribution < 1.29 is 14.3 Å². The number of benzene rings is 2. The third kappa shape index (κ3) is 6.50. The van der Waals surface area contributed by atoms with E-state index in [9.17, 15) is 9.59 Å². The first-order valence-electron chi connectivity index (χ1n) is 14.2. The van der Waals surface area contributed by atoms with Crippen molar-refractivity contribution >= 4 is 34.8 Å². The van der Waals surface area contributed by atoms with E-state index < -0.39 is 11.5 Å². The Bertz CT molecular complexity index is 1770. The number of halogens is 2. The highest BCUT2D eigenvalue weighted by Crippen LogP contribution is 2.41. The van der Waals surface area contributed by atoms with Gasteiger partial charge in [0.25, 0.3) is 11.5 Å². The standard InChI is InChI=1S/C33H33Cl2N5O4/c1-5-44-20(2)21-15-17-40(18-21)19-22-12-13-27(38-32(22)43-4)25-10-6-8-23(29(25)34)24-9-7-11-28(30(24)35)37-31(41)26-14-16-36-39(3)33(26)42/h6-14,16,21H,2,5,15,17-19H2,1,3-4H3,(H,37,41)/t21-/m0/s1. The van der Waals surface area contributed by atoms with Crippen LogP contribution in [0.5, 0.6) is 5.88 Å². The maximum atomic E-state index is 12.9. The van der Waals surface area contributed by atoms with Gasteiger partial charge in [-0.05, 0) is 38.1 Å². The van der Waals surface area contributed by atoms with Gasteiger partial charge >= 0.3 is 0 Å². The molecular formula is C33H33Cl2N5O4. The molecule has 0 aliphatic carbocycles. The quantitative estimate of drug-likeness (QED) is 0.200. The largest absolute Gasteiger partial charge is 0.499 e. The van der Waals surface area contributed by atoms with Gasteiger partial charge in [0.15, 0.2) is 0 Å². The first-order valence-corrected chi connectivity index (χ1v) is 15.0. The molecule has 1 N–H and O–H groups in total. The van der Waals surface area contributed by atoms with Crippen LogP contribution < -0.4 is 15.6 Å². The molecule has 2 aromatic heterocycles. The van der Waals surface area contributed by atoms with Gasteiger partial charge in [0, 0.05) is 54.5 Å². The highest BCUT2D eigenvalue weighted by atomic mass is 35.5. The van der Waals surface area contributed by atoms with Crippen LogP contribution in [0, 0.1) is 5.92 Å². The second-order valence-corrected chi connectivity index (χ2v) is 11.2. The second kappa shape index (κ2) is 13.6. The fourth-order valence-electron chi connectivity index (χ4n) is 5.34. The molecule has 0 bridgehead atoms. The molecule has 1 saturated heterocycles. The van der Waals surface area contributed by atoms with Gasteiger partial charge in [0.2, 0.25) is 5.88 Å². The van der Waals surface area contributed by atoms with Crippen molar-refractivity contribution in [1.29, 1.82) is 0 Å². The Morgan fingerprint density at radius 1 is 1.07 bits per heavy atom. The molecule has 0 unspecified atom stereocenters. The van der Waals surface area contributed by atoms with Crippen LogP contribution in [0.4, 0.5) is 5.69 Å². The molecule has 2 aromatic carbocycles. The number of pyridine rings is 1. The van der Waals surface area contributed by atoms with E-state index in [1.807, 2.05) is 43.3 Å². The maximum Gasteiger partial charge on any atom is 0.279 e. The average Bonchev–Trinajstić information content (AvgIpc) is 3.49. The van der Waals surface area contributed by atoms with E-state index in [4.69, 9.17) is 37.7 Å². The van der Waals surface area contributed by atoms with Gasteiger partial charge in [-0.25, -0.2) is 9.67 Å². The highest BCUT2D eigenvalue weighted by molar-refractivity contribution is 6.39. The van der Waals surface area contributed by atoms with Crippen LogP contribution >= 0.6 is 23.2 Å². The molecule has 1 aliphatic rings. The predicted molar refractivity (Wildman–Crippen MR) is 173 cm³/mol. The molecule has 5 rings (SSSR count). The molecule has 0 radical (unpaired) electrons. The normalized spacial score (nSPS) is 14.8. The summed E-state index contributed by atoms with van der Waals surface area (Å²) in [7, 11) is 3.09. The number of carbonyl (C=O) groups excluding carboxylic acids is 1. The molecule has 1 atom stereocenters. The van der Waals surface area contributed by atoms with Crippen LogP contribution in [-0.4, -0.2) is 52.4 Å². The zero-order chi connectivity index (χ0) is 31.4. The number of aromatic nitrogens is 3. The number of nitrogens with zero attached hydrogens (tertiary/aromatic N) is 4. The van der Waals surface area contributed by atoms with Crippen molar-refractivity contribution in [2.45, 2.75) is 19.9 Å². The van der Waals surface area contributed by atoms with E-state index in [-0.39, 0.29) is 10.6 Å². The van der Waals surface area contributed by atoms with Gasteiger partial charge in [-0.2, -0.15) is 5.10 Å². The highest BCUT2D eigenvalue weighted by Gasteiger charge is 2.27. The lowest BCUT2D eigenvalue weighted by Gasteiger charge is -2.19. The molecule has 0 saturated carbocycles. The lowest BCUT2D eigenvalue weighted by Crippen LogP contribution is -2.28. The van der Waals surface area contributed by atoms with Crippen LogP contribution in [0.2, 0.25) is 10.0 Å². The molecule has 0 spiro atoms. The monoisotopic (exact) mass is 633 g/mol. The number of hydrogen-bond acceptors (Lipinski definition) is 7. The number of rotatable bonds is 10. The van der Waals surface area contributed by atoms with Crippen molar-refractivity contribution in [3.63, 3.8) is 0 Å². The lowest BCUT2D eigenvalue weighted by atomic mass is 10.00. The minimum atomic E-state index is -0.591. The van der Waals surface area contributed by atoms with Crippen LogP contribution in [0.3, 0.4) is 0 Å². The summed E-state index contributed by atoms with van der Waals surface area (Å²) >= 11 is 13.8. The van der Waals surface area contributed by atoms with Crippen LogP contribution in [-0.2, 0) is 18.3 Å². The van der Waals surface area contributed by atoms with E-state index in [0.29, 0.717) is 58.0 Å². The smallest absolute Gasteiger partial charge is 0.279 e. The number of hydrogen-bond donors (Lipinski definition) is 1. The van der Waals surface area contributed by atoms with Gasteiger partial charge < -0.3 is 14.8 Å². The summed E-state index contributed by atoms with van der Waals surface area (Å²) in [5.74, 6) is 1.10. The van der Waals surface area contributed by atoms with E-state index >= 15 is 0 Å². The molecule has 1 fully saturated rings. The fraction of sp³-hybridized carbons (Fsp3) is 0.273. The number of anilines is 1. The van der Waals surface area contributed by atoms with Gasteiger partial charge in [-0.3, -0.25) is 14.5 Å². The van der Waals surface area contributed by atoms with Crippen LogP contribution in [0.1, 0.15) is 29.3 Å². The zero-order valence-electron chi connectivity index (χ0n) is 24.8. The first kappa shape index (κ1) is 31.3. The Labute approximate surface area is 266 Å². The molecule has 228 valence electrons. The molecule has 9 nitrogen and oxygen atoms in total. The number of nitrogens with one attached hydrogen (secondary N) is 1. The van der Waals surface area contributed by atoms with Crippen molar-refractivity contribution in [3.05, 3.63) is 105 Å². The Hall–Kier alpha value is -4.18.